The molecule has 1 N–H and O–H groups in total. The first-order valence-corrected chi connectivity index (χ1v) is 15.5. The van der Waals surface area contributed by atoms with Gasteiger partial charge in [-0.3, -0.25) is 14.0 Å². The van der Waals surface area contributed by atoms with Crippen molar-refractivity contribution in [1.82, 2.24) is 10.2 Å². The molecule has 5 rings (SSSR count). The molecule has 206 valence electrons. The van der Waals surface area contributed by atoms with E-state index in [1.54, 1.807) is 24.3 Å². The Morgan fingerprint density at radius 1 is 1.03 bits per heavy atom. The predicted octanol–water partition coefficient (Wildman–Crippen LogP) is 5.14. The molecule has 2 saturated heterocycles. The Morgan fingerprint density at radius 2 is 1.64 bits per heavy atom. The van der Waals surface area contributed by atoms with E-state index in [0.29, 0.717) is 47.5 Å². The van der Waals surface area contributed by atoms with Crippen molar-refractivity contribution in [2.45, 2.75) is 31.0 Å². The Kier molecular flexibility index (Phi) is 8.49. The van der Waals surface area contributed by atoms with Crippen molar-refractivity contribution in [3.05, 3.63) is 99.5 Å². The minimum Gasteiger partial charge on any atom is -0.376 e. The second-order valence-corrected chi connectivity index (χ2v) is 12.8. The summed E-state index contributed by atoms with van der Waals surface area (Å²) in [4.78, 5) is 15.1. The van der Waals surface area contributed by atoms with Gasteiger partial charge in [0.2, 0.25) is 10.0 Å². The number of rotatable bonds is 9. The monoisotopic (exact) mass is 587 g/mol. The predicted molar refractivity (Wildman–Crippen MR) is 155 cm³/mol. The highest BCUT2D eigenvalue weighted by Gasteiger charge is 2.40. The van der Waals surface area contributed by atoms with Crippen molar-refractivity contribution in [2.24, 2.45) is 0 Å². The Hall–Kier alpha value is -2.62. The highest BCUT2D eigenvalue weighted by atomic mass is 35.5. The van der Waals surface area contributed by atoms with Crippen LogP contribution in [0, 0.1) is 0 Å². The molecule has 1 amide bonds. The third-order valence-corrected chi connectivity index (χ3v) is 8.92. The Morgan fingerprint density at radius 3 is 2.18 bits per heavy atom. The molecule has 10 heteroatoms. The van der Waals surface area contributed by atoms with E-state index in [-0.39, 0.29) is 24.1 Å². The highest BCUT2D eigenvalue weighted by molar-refractivity contribution is 7.92. The zero-order valence-corrected chi connectivity index (χ0v) is 23.9. The lowest BCUT2D eigenvalue weighted by molar-refractivity contribution is 0.0857. The molecule has 3 aromatic rings. The van der Waals surface area contributed by atoms with Gasteiger partial charge in [-0.25, -0.2) is 8.42 Å². The van der Waals surface area contributed by atoms with Crippen LogP contribution in [0.1, 0.15) is 40.4 Å². The third-order valence-electron chi connectivity index (χ3n) is 7.19. The number of likely N-dealkylation sites (tertiary alicyclic amines) is 1. The first-order chi connectivity index (χ1) is 18.7. The van der Waals surface area contributed by atoms with Gasteiger partial charge in [0.05, 0.1) is 30.1 Å². The normalized spacial score (nSPS) is 18.2. The standard InChI is InChI=1S/C29H31Cl2N3O4S/c1-39(36,37)34(25-5-2-4-22(16-25)29(35)32-17-27-6-3-15-38-27)26-18-33(19-26)28(20-7-11-23(30)12-8-20)21-9-13-24(31)14-10-21/h2,4-5,7-14,16,26-28H,3,6,15,17-19H2,1H3,(H,32,35). The lowest BCUT2D eigenvalue weighted by Crippen LogP contribution is -2.61. The van der Waals surface area contributed by atoms with Crippen LogP contribution >= 0.6 is 23.2 Å². The molecule has 2 aliphatic heterocycles. The van der Waals surface area contributed by atoms with Gasteiger partial charge in [0.25, 0.3) is 5.91 Å². The summed E-state index contributed by atoms with van der Waals surface area (Å²) in [5.41, 5.74) is 2.99. The van der Waals surface area contributed by atoms with Crippen molar-refractivity contribution >= 4 is 44.8 Å². The molecule has 2 aliphatic rings. The van der Waals surface area contributed by atoms with E-state index in [2.05, 4.69) is 10.2 Å². The number of sulfonamides is 1. The second kappa shape index (κ2) is 11.9. The number of hydrogen-bond donors (Lipinski definition) is 1. The smallest absolute Gasteiger partial charge is 0.251 e. The average molecular weight is 589 g/mol. The zero-order chi connectivity index (χ0) is 27.6. The maximum absolute atomic E-state index is 13.0. The van der Waals surface area contributed by atoms with Crippen molar-refractivity contribution in [2.75, 3.05) is 36.8 Å². The van der Waals surface area contributed by atoms with Gasteiger partial charge >= 0.3 is 0 Å². The Bertz CT molecular complexity index is 1360. The molecule has 7 nitrogen and oxygen atoms in total. The highest BCUT2D eigenvalue weighted by Crippen LogP contribution is 2.36. The van der Waals surface area contributed by atoms with E-state index in [9.17, 15) is 13.2 Å². The number of halogens is 2. The molecule has 0 aromatic heterocycles. The van der Waals surface area contributed by atoms with Gasteiger partial charge in [-0.1, -0.05) is 53.5 Å². The lowest BCUT2D eigenvalue weighted by Gasteiger charge is -2.48. The number of nitrogens with one attached hydrogen (secondary N) is 1. The van der Waals surface area contributed by atoms with Crippen LogP contribution in [0.5, 0.6) is 0 Å². The number of amides is 1. The van der Waals surface area contributed by atoms with Crippen molar-refractivity contribution in [3.63, 3.8) is 0 Å². The average Bonchev–Trinajstić information content (AvgIpc) is 3.41. The summed E-state index contributed by atoms with van der Waals surface area (Å²) in [5, 5.41) is 4.21. The molecule has 0 saturated carbocycles. The number of carbonyl (C=O) groups is 1. The SMILES string of the molecule is CS(=O)(=O)N(c1cccc(C(=O)NCC2CCCO2)c1)C1CN(C(c2ccc(Cl)cc2)c2ccc(Cl)cc2)C1. The summed E-state index contributed by atoms with van der Waals surface area (Å²) in [6.45, 7) is 2.18. The van der Waals surface area contributed by atoms with Gasteiger partial charge in [0.1, 0.15) is 0 Å². The van der Waals surface area contributed by atoms with E-state index >= 15 is 0 Å². The first-order valence-electron chi connectivity index (χ1n) is 12.9. The molecule has 0 radical (unpaired) electrons. The van der Waals surface area contributed by atoms with Gasteiger partial charge < -0.3 is 10.1 Å². The van der Waals surface area contributed by atoms with E-state index in [0.717, 1.165) is 24.0 Å². The van der Waals surface area contributed by atoms with Crippen LogP contribution in [0.3, 0.4) is 0 Å². The van der Waals surface area contributed by atoms with E-state index in [1.165, 1.54) is 10.6 Å². The topological polar surface area (TPSA) is 79.0 Å². The van der Waals surface area contributed by atoms with Crippen LogP contribution in [-0.2, 0) is 14.8 Å². The Balaban J connectivity index is 1.35. The minimum absolute atomic E-state index is 0.0276. The van der Waals surface area contributed by atoms with Crippen molar-refractivity contribution in [3.8, 4) is 0 Å². The lowest BCUT2D eigenvalue weighted by atomic mass is 9.93. The number of ether oxygens (including phenoxy) is 1. The molecular formula is C29H31Cl2N3O4S. The zero-order valence-electron chi connectivity index (χ0n) is 21.6. The number of benzene rings is 3. The largest absolute Gasteiger partial charge is 0.376 e. The second-order valence-electron chi connectivity index (χ2n) is 10.1. The maximum Gasteiger partial charge on any atom is 0.251 e. The van der Waals surface area contributed by atoms with Crippen LogP contribution in [0.4, 0.5) is 5.69 Å². The quantitative estimate of drug-likeness (QED) is 0.375. The molecule has 3 aromatic carbocycles. The summed E-state index contributed by atoms with van der Waals surface area (Å²) >= 11 is 12.3. The van der Waals surface area contributed by atoms with Crippen LogP contribution in [0.2, 0.25) is 10.0 Å². The van der Waals surface area contributed by atoms with Gasteiger partial charge in [-0.05, 0) is 66.4 Å². The first kappa shape index (κ1) is 27.9. The summed E-state index contributed by atoms with van der Waals surface area (Å²) in [6.07, 6.45) is 3.15. The summed E-state index contributed by atoms with van der Waals surface area (Å²) < 4.78 is 33.0. The molecule has 0 aliphatic carbocycles. The molecule has 0 bridgehead atoms. The number of hydrogen-bond acceptors (Lipinski definition) is 5. The molecule has 0 spiro atoms. The molecule has 39 heavy (non-hydrogen) atoms. The van der Waals surface area contributed by atoms with E-state index in [4.69, 9.17) is 27.9 Å². The van der Waals surface area contributed by atoms with Gasteiger partial charge in [0, 0.05) is 41.8 Å². The van der Waals surface area contributed by atoms with Gasteiger partial charge in [0.15, 0.2) is 0 Å². The van der Waals surface area contributed by atoms with Crippen LogP contribution in [0.25, 0.3) is 0 Å². The summed E-state index contributed by atoms with van der Waals surface area (Å²) in [5.74, 6) is -0.249. The fourth-order valence-electron chi connectivity index (χ4n) is 5.32. The number of anilines is 1. The van der Waals surface area contributed by atoms with Crippen LogP contribution in [-0.4, -0.2) is 63.9 Å². The van der Waals surface area contributed by atoms with Crippen LogP contribution < -0.4 is 9.62 Å². The third kappa shape index (κ3) is 6.58. The maximum atomic E-state index is 13.0. The van der Waals surface area contributed by atoms with Gasteiger partial charge in [-0.15, -0.1) is 0 Å². The van der Waals surface area contributed by atoms with Gasteiger partial charge in [-0.2, -0.15) is 0 Å². The number of carbonyl (C=O) groups excluding carboxylic acids is 1. The fraction of sp³-hybridized carbons (Fsp3) is 0.345. The van der Waals surface area contributed by atoms with Crippen molar-refractivity contribution in [1.29, 1.82) is 0 Å². The fourth-order valence-corrected chi connectivity index (χ4v) is 6.75. The number of nitrogens with zero attached hydrogens (tertiary/aromatic N) is 2. The van der Waals surface area contributed by atoms with E-state index in [1.807, 2.05) is 48.5 Å². The molecular weight excluding hydrogens is 557 g/mol. The minimum atomic E-state index is -3.62. The molecule has 1 unspecified atom stereocenters. The van der Waals surface area contributed by atoms with E-state index < -0.39 is 10.0 Å². The molecule has 2 fully saturated rings. The summed E-state index contributed by atoms with van der Waals surface area (Å²) in [7, 11) is -3.62. The van der Waals surface area contributed by atoms with Crippen LogP contribution in [0.15, 0.2) is 72.8 Å². The molecule has 2 heterocycles. The molecule has 1 atom stereocenters. The van der Waals surface area contributed by atoms with Crippen molar-refractivity contribution < 1.29 is 17.9 Å². The Labute approximate surface area is 239 Å². The summed E-state index contributed by atoms with van der Waals surface area (Å²) in [6, 6.07) is 21.8.